The molecule has 272 valence electrons. The first-order chi connectivity index (χ1) is 24.5. The smallest absolute Gasteiger partial charge is 0.249 e. The van der Waals surface area contributed by atoms with Crippen molar-refractivity contribution in [2.75, 3.05) is 5.73 Å². The molecule has 3 heterocycles. The molecule has 14 nitrogen and oxygen atoms in total. The minimum Gasteiger partial charge on any atom is -0.508 e. The van der Waals surface area contributed by atoms with Crippen LogP contribution in [0, 0.1) is 37.0 Å². The number of aromatic nitrogens is 6. The number of rotatable bonds is 15. The first-order valence-electron chi connectivity index (χ1n) is 18.2. The number of nitrogens with one attached hydrogen (secondary N) is 3. The Morgan fingerprint density at radius 1 is 1.08 bits per heavy atom. The lowest BCUT2D eigenvalue weighted by atomic mass is 9.49. The van der Waals surface area contributed by atoms with Crippen molar-refractivity contribution in [1.29, 1.82) is 0 Å². The summed E-state index contributed by atoms with van der Waals surface area (Å²) in [6.07, 6.45) is 16.7. The van der Waals surface area contributed by atoms with E-state index in [9.17, 15) is 14.7 Å². The van der Waals surface area contributed by atoms with Crippen LogP contribution in [0.3, 0.4) is 0 Å². The number of H-pyrrole nitrogens is 1. The number of nitrogens with two attached hydrogens (primary N) is 2. The third-order valence-electron chi connectivity index (χ3n) is 11.5. The van der Waals surface area contributed by atoms with Crippen molar-refractivity contribution in [3.8, 4) is 5.75 Å². The number of phenolic OH excluding ortho intramolecular Hbond substituents is 1. The molecule has 4 aliphatic carbocycles. The molecule has 14 heteroatoms. The molecular formula is C37H50N10O4. The topological polar surface area (TPSA) is 216 Å². The van der Waals surface area contributed by atoms with Gasteiger partial charge in [-0.25, -0.2) is 9.97 Å². The van der Waals surface area contributed by atoms with E-state index in [1.54, 1.807) is 41.6 Å². The summed E-state index contributed by atoms with van der Waals surface area (Å²) in [5.74, 6) is 3.11. The van der Waals surface area contributed by atoms with Crippen LogP contribution in [0.4, 0.5) is 5.95 Å². The summed E-state index contributed by atoms with van der Waals surface area (Å²) in [6.45, 7) is 4.31. The van der Waals surface area contributed by atoms with Gasteiger partial charge in [0.2, 0.25) is 17.7 Å². The number of nitrogen functional groups attached to an aromatic ring is 1. The first kappa shape index (κ1) is 34.7. The van der Waals surface area contributed by atoms with Crippen LogP contribution in [0.15, 0.2) is 41.6 Å². The lowest BCUT2D eigenvalue weighted by molar-refractivity contribution is -0.130. The van der Waals surface area contributed by atoms with Gasteiger partial charge in [0.1, 0.15) is 17.8 Å². The Morgan fingerprint density at radius 3 is 2.41 bits per heavy atom. The molecule has 4 aromatic rings. The van der Waals surface area contributed by atoms with Gasteiger partial charge in [-0.15, -0.1) is 0 Å². The Morgan fingerprint density at radius 2 is 1.78 bits per heavy atom. The zero-order valence-corrected chi connectivity index (χ0v) is 29.5. The third kappa shape index (κ3) is 7.95. The molecule has 3 atom stereocenters. The molecule has 51 heavy (non-hydrogen) atoms. The van der Waals surface area contributed by atoms with E-state index in [-0.39, 0.29) is 17.6 Å². The van der Waals surface area contributed by atoms with Crippen molar-refractivity contribution >= 4 is 17.8 Å². The maximum absolute atomic E-state index is 14.3. The van der Waals surface area contributed by atoms with E-state index in [1.165, 1.54) is 38.5 Å². The molecule has 4 fully saturated rings. The predicted octanol–water partition coefficient (Wildman–Crippen LogP) is 3.59. The number of anilines is 1. The van der Waals surface area contributed by atoms with Gasteiger partial charge in [-0.2, -0.15) is 4.98 Å². The first-order valence-corrected chi connectivity index (χ1v) is 18.2. The summed E-state index contributed by atoms with van der Waals surface area (Å²) in [6, 6.07) is 0.797. The summed E-state index contributed by atoms with van der Waals surface area (Å²) in [7, 11) is 0. The van der Waals surface area contributed by atoms with Crippen molar-refractivity contribution in [3.05, 3.63) is 71.1 Å². The van der Waals surface area contributed by atoms with Gasteiger partial charge < -0.3 is 41.3 Å². The molecule has 8 rings (SSSR count). The molecule has 4 aliphatic rings. The van der Waals surface area contributed by atoms with Gasteiger partial charge in [-0.3, -0.25) is 9.59 Å². The number of aryl methyl sites for hydroxylation is 3. The average molecular weight is 699 g/mol. The van der Waals surface area contributed by atoms with Crippen molar-refractivity contribution < 1.29 is 19.2 Å². The van der Waals surface area contributed by atoms with Crippen molar-refractivity contribution in [3.63, 3.8) is 0 Å². The van der Waals surface area contributed by atoms with E-state index < -0.39 is 29.9 Å². The van der Waals surface area contributed by atoms with Gasteiger partial charge in [0, 0.05) is 50.1 Å². The molecule has 0 saturated heterocycles. The molecule has 0 spiro atoms. The lowest BCUT2D eigenvalue weighted by Gasteiger charge is -2.56. The zero-order chi connectivity index (χ0) is 35.7. The highest BCUT2D eigenvalue weighted by molar-refractivity contribution is 5.90. The van der Waals surface area contributed by atoms with Crippen LogP contribution < -0.4 is 22.1 Å². The fourth-order valence-electron chi connectivity index (χ4n) is 9.54. The molecule has 4 bridgehead atoms. The number of carbonyl (C=O) groups excluding carboxylic acids is 2. The van der Waals surface area contributed by atoms with Gasteiger partial charge in [-0.1, -0.05) is 5.16 Å². The van der Waals surface area contributed by atoms with Gasteiger partial charge in [-0.05, 0) is 117 Å². The maximum Gasteiger partial charge on any atom is 0.249 e. The van der Waals surface area contributed by atoms with E-state index in [2.05, 4.69) is 30.7 Å². The second kappa shape index (κ2) is 14.5. The summed E-state index contributed by atoms with van der Waals surface area (Å²) >= 11 is 0. The number of hydrogen-bond donors (Lipinski definition) is 6. The van der Waals surface area contributed by atoms with Crippen LogP contribution in [-0.4, -0.2) is 58.7 Å². The minimum atomic E-state index is -0.978. The second-order valence-corrected chi connectivity index (χ2v) is 15.5. The predicted molar refractivity (Wildman–Crippen MR) is 189 cm³/mol. The van der Waals surface area contributed by atoms with Crippen LogP contribution in [0.5, 0.6) is 5.75 Å². The molecule has 0 aliphatic heterocycles. The highest BCUT2D eigenvalue weighted by atomic mass is 16.5. The SMILES string of the molecule is Cc1cc(O)cc(C)c1CC(NC(=O)C(N)CCCn1ccnc1N)C(=O)NC(Cc1cnc[nH]1)c1nc(CC23CC4CC(CC(C4)C2)C3)no1. The summed E-state index contributed by atoms with van der Waals surface area (Å²) in [4.78, 5) is 43.9. The Bertz CT molecular complexity index is 1770. The van der Waals surface area contributed by atoms with Gasteiger partial charge >= 0.3 is 0 Å². The fraction of sp³-hybridized carbons (Fsp3) is 0.568. The number of amides is 2. The molecule has 4 saturated carbocycles. The van der Waals surface area contributed by atoms with E-state index in [0.717, 1.165) is 46.6 Å². The van der Waals surface area contributed by atoms with Gasteiger partial charge in [0.15, 0.2) is 11.8 Å². The summed E-state index contributed by atoms with van der Waals surface area (Å²) in [5.41, 5.74) is 15.7. The Labute approximate surface area is 297 Å². The largest absolute Gasteiger partial charge is 0.508 e. The molecule has 0 radical (unpaired) electrons. The van der Waals surface area contributed by atoms with E-state index in [1.807, 2.05) is 13.8 Å². The highest BCUT2D eigenvalue weighted by Gasteiger charge is 2.51. The third-order valence-corrected chi connectivity index (χ3v) is 11.5. The number of imidazole rings is 2. The molecule has 1 aromatic carbocycles. The fourth-order valence-corrected chi connectivity index (χ4v) is 9.54. The minimum absolute atomic E-state index is 0.139. The molecular weight excluding hydrogens is 648 g/mol. The lowest BCUT2D eigenvalue weighted by Crippen LogP contribution is -2.53. The maximum atomic E-state index is 14.3. The molecule has 8 N–H and O–H groups in total. The Kier molecular flexibility index (Phi) is 9.86. The van der Waals surface area contributed by atoms with Gasteiger partial charge in [0.05, 0.1) is 12.4 Å². The Hall–Kier alpha value is -4.72. The number of aromatic amines is 1. The van der Waals surface area contributed by atoms with Crippen LogP contribution in [-0.2, 0) is 35.4 Å². The zero-order valence-electron chi connectivity index (χ0n) is 29.5. The number of nitrogens with zero attached hydrogens (tertiary/aromatic N) is 5. The molecule has 3 unspecified atom stereocenters. The second-order valence-electron chi connectivity index (χ2n) is 15.5. The summed E-state index contributed by atoms with van der Waals surface area (Å²) in [5, 5.41) is 20.6. The standard InChI is InChI=1S/C37H50N10O4/c1-21-8-27(48)9-22(2)28(21)14-30(43-33(49)29(38)4-3-6-47-7-5-41-36(47)39)34(50)44-31(13-26-19-40-20-42-26)35-45-32(46-51-35)18-37-15-23-10-24(16-37)12-25(11-23)17-37/h5,7-9,19-20,23-25,29-31,48H,3-4,6,10-18,38H2,1-2H3,(H2,39,41)(H,40,42)(H,43,49)(H,44,50). The Balaban J connectivity index is 1.08. The van der Waals surface area contributed by atoms with Gasteiger partial charge in [0.25, 0.3) is 0 Å². The summed E-state index contributed by atoms with van der Waals surface area (Å²) < 4.78 is 7.68. The van der Waals surface area contributed by atoms with Crippen molar-refractivity contribution in [1.82, 2.24) is 40.3 Å². The van der Waals surface area contributed by atoms with Crippen molar-refractivity contribution in [2.24, 2.45) is 28.9 Å². The number of phenols is 1. The molecule has 3 aromatic heterocycles. The highest BCUT2D eigenvalue weighted by Crippen LogP contribution is 2.60. The van der Waals surface area contributed by atoms with Crippen molar-refractivity contribution in [2.45, 2.75) is 109 Å². The van der Waals surface area contributed by atoms with E-state index in [0.29, 0.717) is 43.5 Å². The number of aromatic hydroxyl groups is 1. The monoisotopic (exact) mass is 698 g/mol. The number of carbonyl (C=O) groups is 2. The normalized spacial score (nSPS) is 23.9. The van der Waals surface area contributed by atoms with Crippen LogP contribution in [0.2, 0.25) is 0 Å². The number of benzene rings is 1. The van der Waals surface area contributed by atoms with Crippen LogP contribution >= 0.6 is 0 Å². The van der Waals surface area contributed by atoms with E-state index in [4.69, 9.17) is 21.0 Å². The average Bonchev–Trinajstić information content (AvgIpc) is 3.84. The van der Waals surface area contributed by atoms with Crippen LogP contribution in [0.1, 0.15) is 91.5 Å². The molecule has 2 amide bonds. The number of hydrogen-bond acceptors (Lipinski definition) is 10. The van der Waals surface area contributed by atoms with Crippen LogP contribution in [0.25, 0.3) is 0 Å². The quantitative estimate of drug-likeness (QED) is 0.106. The van der Waals surface area contributed by atoms with E-state index >= 15 is 0 Å².